The Morgan fingerprint density at radius 2 is 1.85 bits per heavy atom. The summed E-state index contributed by atoms with van der Waals surface area (Å²) >= 11 is 0. The first kappa shape index (κ1) is 15.0. The van der Waals surface area contributed by atoms with E-state index in [2.05, 4.69) is 4.90 Å². The molecule has 1 aliphatic rings. The summed E-state index contributed by atoms with van der Waals surface area (Å²) in [7, 11) is 1.98. The Bertz CT molecular complexity index is 452. The second-order valence-electron chi connectivity index (χ2n) is 5.84. The normalized spacial score (nSPS) is 18.1. The van der Waals surface area contributed by atoms with Gasteiger partial charge < -0.3 is 5.11 Å². The van der Waals surface area contributed by atoms with Gasteiger partial charge in [0.05, 0.1) is 6.42 Å². The van der Waals surface area contributed by atoms with Crippen LogP contribution in [0.15, 0.2) is 24.3 Å². The van der Waals surface area contributed by atoms with Crippen LogP contribution < -0.4 is 0 Å². The Kier molecular flexibility index (Phi) is 4.76. The highest BCUT2D eigenvalue weighted by Crippen LogP contribution is 2.36. The average Bonchev–Trinajstić information content (AvgIpc) is 2.41. The molecule has 0 aromatic heterocycles. The van der Waals surface area contributed by atoms with E-state index in [1.54, 1.807) is 12.1 Å². The van der Waals surface area contributed by atoms with E-state index in [4.69, 9.17) is 0 Å². The Morgan fingerprint density at radius 1 is 1.25 bits per heavy atom. The molecule has 0 spiro atoms. The highest BCUT2D eigenvalue weighted by Gasteiger charge is 2.37. The number of benzene rings is 1. The number of aliphatic carboxylic acids is 1. The van der Waals surface area contributed by atoms with E-state index in [9.17, 15) is 14.3 Å². The van der Waals surface area contributed by atoms with E-state index in [0.717, 1.165) is 31.2 Å². The molecule has 0 radical (unpaired) electrons. The first-order chi connectivity index (χ1) is 9.52. The number of nitrogens with zero attached hydrogens (tertiary/aromatic N) is 1. The molecule has 1 aromatic rings. The van der Waals surface area contributed by atoms with E-state index in [-0.39, 0.29) is 17.8 Å². The van der Waals surface area contributed by atoms with E-state index >= 15 is 0 Å². The summed E-state index contributed by atoms with van der Waals surface area (Å²) in [6.07, 6.45) is 5.40. The van der Waals surface area contributed by atoms with E-state index in [1.807, 2.05) is 7.05 Å². The summed E-state index contributed by atoms with van der Waals surface area (Å²) in [6.45, 7) is 0.660. The van der Waals surface area contributed by atoms with Gasteiger partial charge in [0.15, 0.2) is 0 Å². The maximum absolute atomic E-state index is 12.9. The average molecular weight is 279 g/mol. The quantitative estimate of drug-likeness (QED) is 0.897. The zero-order valence-corrected chi connectivity index (χ0v) is 11.9. The van der Waals surface area contributed by atoms with Crippen molar-refractivity contribution in [2.24, 2.45) is 0 Å². The summed E-state index contributed by atoms with van der Waals surface area (Å²) in [6, 6.07) is 6.44. The van der Waals surface area contributed by atoms with Gasteiger partial charge in [-0.2, -0.15) is 0 Å². The highest BCUT2D eigenvalue weighted by molar-refractivity contribution is 5.68. The van der Waals surface area contributed by atoms with Crippen molar-refractivity contribution >= 4 is 5.97 Å². The predicted molar refractivity (Wildman–Crippen MR) is 75.9 cm³/mol. The highest BCUT2D eigenvalue weighted by atomic mass is 19.1. The molecule has 1 N–H and O–H groups in total. The first-order valence-corrected chi connectivity index (χ1v) is 7.19. The lowest BCUT2D eigenvalue weighted by atomic mass is 9.78. The Morgan fingerprint density at radius 3 is 2.40 bits per heavy atom. The van der Waals surface area contributed by atoms with E-state index in [0.29, 0.717) is 6.54 Å². The second-order valence-corrected chi connectivity index (χ2v) is 5.84. The summed E-state index contributed by atoms with van der Waals surface area (Å²) in [5.41, 5.74) is 0.766. The first-order valence-electron chi connectivity index (χ1n) is 7.19. The summed E-state index contributed by atoms with van der Waals surface area (Å²) < 4.78 is 12.9. The SMILES string of the molecule is CN(Cc1ccc(F)cc1)C1(CC(=O)O)CCCCC1. The van der Waals surface area contributed by atoms with Gasteiger partial charge >= 0.3 is 5.97 Å². The van der Waals surface area contributed by atoms with Gasteiger partial charge in [0.2, 0.25) is 0 Å². The van der Waals surface area contributed by atoms with Gasteiger partial charge in [0, 0.05) is 12.1 Å². The molecular weight excluding hydrogens is 257 g/mol. The number of rotatable bonds is 5. The van der Waals surface area contributed by atoms with Crippen LogP contribution in [0.25, 0.3) is 0 Å². The number of halogens is 1. The molecule has 4 heteroatoms. The number of carboxylic acids is 1. The van der Waals surface area contributed by atoms with Gasteiger partial charge in [0.1, 0.15) is 5.82 Å². The number of carbonyl (C=O) groups is 1. The third-order valence-corrected chi connectivity index (χ3v) is 4.41. The summed E-state index contributed by atoms with van der Waals surface area (Å²) in [5.74, 6) is -0.979. The molecule has 0 bridgehead atoms. The van der Waals surface area contributed by atoms with Crippen LogP contribution in [0.4, 0.5) is 4.39 Å². The Labute approximate surface area is 119 Å². The number of carboxylic acid groups (broad SMARTS) is 1. The molecule has 0 aliphatic heterocycles. The van der Waals surface area contributed by atoms with Crippen molar-refractivity contribution < 1.29 is 14.3 Å². The fraction of sp³-hybridized carbons (Fsp3) is 0.562. The van der Waals surface area contributed by atoms with E-state index < -0.39 is 5.97 Å². The molecule has 2 rings (SSSR count). The molecule has 0 unspecified atom stereocenters. The molecule has 0 heterocycles. The van der Waals surface area contributed by atoms with Crippen molar-refractivity contribution in [2.45, 2.75) is 50.6 Å². The van der Waals surface area contributed by atoms with Crippen LogP contribution in [0.3, 0.4) is 0 Å². The maximum atomic E-state index is 12.9. The minimum absolute atomic E-state index is 0.185. The maximum Gasteiger partial charge on any atom is 0.305 e. The lowest BCUT2D eigenvalue weighted by Gasteiger charge is -2.44. The van der Waals surface area contributed by atoms with Crippen molar-refractivity contribution in [3.05, 3.63) is 35.6 Å². The molecule has 1 fully saturated rings. The lowest BCUT2D eigenvalue weighted by Crippen LogP contribution is -2.49. The lowest BCUT2D eigenvalue weighted by molar-refractivity contribution is -0.141. The van der Waals surface area contributed by atoms with Crippen LogP contribution in [-0.2, 0) is 11.3 Å². The largest absolute Gasteiger partial charge is 0.481 e. The van der Waals surface area contributed by atoms with Gasteiger partial charge in [-0.1, -0.05) is 31.4 Å². The molecule has 0 atom stereocenters. The molecular formula is C16H22FNO2. The minimum Gasteiger partial charge on any atom is -0.481 e. The smallest absolute Gasteiger partial charge is 0.305 e. The van der Waals surface area contributed by atoms with Gasteiger partial charge in [-0.05, 0) is 37.6 Å². The molecule has 1 aromatic carbocycles. The molecule has 110 valence electrons. The van der Waals surface area contributed by atoms with Gasteiger partial charge in [-0.25, -0.2) is 4.39 Å². The van der Waals surface area contributed by atoms with Crippen LogP contribution in [0.2, 0.25) is 0 Å². The van der Waals surface area contributed by atoms with Gasteiger partial charge in [-0.15, -0.1) is 0 Å². The molecule has 0 amide bonds. The summed E-state index contributed by atoms with van der Waals surface area (Å²) in [4.78, 5) is 13.3. The van der Waals surface area contributed by atoms with Crippen molar-refractivity contribution in [3.63, 3.8) is 0 Å². The third kappa shape index (κ3) is 3.57. The third-order valence-electron chi connectivity index (χ3n) is 4.41. The Balaban J connectivity index is 2.11. The van der Waals surface area contributed by atoms with Crippen LogP contribution in [0, 0.1) is 5.82 Å². The fourth-order valence-electron chi connectivity index (χ4n) is 3.22. The predicted octanol–water partition coefficient (Wildman–Crippen LogP) is 3.44. The zero-order chi connectivity index (χ0) is 14.6. The van der Waals surface area contributed by atoms with Crippen molar-refractivity contribution in [3.8, 4) is 0 Å². The standard InChI is InChI=1S/C16H22FNO2/c1-18(12-13-5-7-14(17)8-6-13)16(11-15(19)20)9-3-2-4-10-16/h5-8H,2-4,9-12H2,1H3,(H,19,20). The fourth-order valence-corrected chi connectivity index (χ4v) is 3.22. The molecule has 0 saturated heterocycles. The molecule has 3 nitrogen and oxygen atoms in total. The Hall–Kier alpha value is -1.42. The zero-order valence-electron chi connectivity index (χ0n) is 11.9. The second kappa shape index (κ2) is 6.35. The van der Waals surface area contributed by atoms with Crippen molar-refractivity contribution in [1.29, 1.82) is 0 Å². The summed E-state index contributed by atoms with van der Waals surface area (Å²) in [5, 5.41) is 9.21. The van der Waals surface area contributed by atoms with Crippen molar-refractivity contribution in [2.75, 3.05) is 7.05 Å². The van der Waals surface area contributed by atoms with Crippen molar-refractivity contribution in [1.82, 2.24) is 4.90 Å². The van der Waals surface area contributed by atoms with Gasteiger partial charge in [-0.3, -0.25) is 9.69 Å². The monoisotopic (exact) mass is 279 g/mol. The van der Waals surface area contributed by atoms with Crippen LogP contribution in [-0.4, -0.2) is 28.6 Å². The number of hydrogen-bond acceptors (Lipinski definition) is 2. The molecule has 20 heavy (non-hydrogen) atoms. The van der Waals surface area contributed by atoms with Gasteiger partial charge in [0.25, 0.3) is 0 Å². The van der Waals surface area contributed by atoms with Crippen LogP contribution >= 0.6 is 0 Å². The van der Waals surface area contributed by atoms with Crippen LogP contribution in [0.1, 0.15) is 44.1 Å². The minimum atomic E-state index is -0.738. The number of hydrogen-bond donors (Lipinski definition) is 1. The topological polar surface area (TPSA) is 40.5 Å². The van der Waals surface area contributed by atoms with Crippen LogP contribution in [0.5, 0.6) is 0 Å². The molecule has 1 aliphatic carbocycles. The van der Waals surface area contributed by atoms with E-state index in [1.165, 1.54) is 18.6 Å². The molecule has 1 saturated carbocycles.